The lowest BCUT2D eigenvalue weighted by Crippen LogP contribution is -2.52. The number of nitrogens with two attached hydrogens (primary N) is 1. The first-order valence-electron chi connectivity index (χ1n) is 14.9. The van der Waals surface area contributed by atoms with E-state index in [2.05, 4.69) is 65.3 Å². The molecular weight excluding hydrogens is 551 g/mol. The van der Waals surface area contributed by atoms with Gasteiger partial charge in [0.25, 0.3) is 8.32 Å². The maximum absolute atomic E-state index is 13.2. The van der Waals surface area contributed by atoms with E-state index in [1.807, 2.05) is 0 Å². The van der Waals surface area contributed by atoms with Gasteiger partial charge in [0.15, 0.2) is 0 Å². The fourth-order valence-corrected chi connectivity index (χ4v) is 9.45. The van der Waals surface area contributed by atoms with Gasteiger partial charge in [-0.25, -0.2) is 18.4 Å². The number of hydrogen-bond donors (Lipinski definition) is 1. The third kappa shape index (κ3) is 5.11. The Morgan fingerprint density at radius 3 is 2.59 bits per heavy atom. The molecule has 0 amide bonds. The minimum Gasteiger partial charge on any atom is -0.541 e. The van der Waals surface area contributed by atoms with Crippen LogP contribution in [0.4, 0.5) is 0 Å². The lowest BCUT2D eigenvalue weighted by atomic mass is 9.47. The lowest BCUT2D eigenvalue weighted by molar-refractivity contribution is -0.0719. The van der Waals surface area contributed by atoms with Crippen molar-refractivity contribution >= 4 is 24.3 Å². The van der Waals surface area contributed by atoms with Crippen LogP contribution in [0.15, 0.2) is 70.5 Å². The molecule has 0 spiro atoms. The molecule has 222 valence electrons. The largest absolute Gasteiger partial charge is 0.541 e. The second kappa shape index (κ2) is 10.1. The fourth-order valence-electron chi connectivity index (χ4n) is 7.84. The molecule has 0 heterocycles. The molecule has 41 heavy (non-hydrogen) atoms. The Balaban J connectivity index is 1.38. The molecule has 5 atom stereocenters. The summed E-state index contributed by atoms with van der Waals surface area (Å²) in [5.74, 6) is 1.21. The first-order valence-corrected chi connectivity index (χ1v) is 19.3. The van der Waals surface area contributed by atoms with E-state index >= 15 is 0 Å². The van der Waals surface area contributed by atoms with Gasteiger partial charge in [0.05, 0.1) is 10.5 Å². The van der Waals surface area contributed by atoms with Crippen molar-refractivity contribution in [3.8, 4) is 0 Å². The number of ether oxygens (including phenoxy) is 1. The van der Waals surface area contributed by atoms with Gasteiger partial charge in [-0.05, 0) is 104 Å². The summed E-state index contributed by atoms with van der Waals surface area (Å²) in [6.07, 6.45) is 10.8. The SMILES string of the molecule is C=CC12CCC3=C(C=C=C(O[Si](C)(C)C(C)(C)C)C3)C1CC[C@@]1(C)C2CC[C@@H]1OC(=O)c1cccc(S(N)(=O)=O)c1. The first kappa shape index (κ1) is 30.1. The van der Waals surface area contributed by atoms with Crippen LogP contribution in [0.25, 0.3) is 0 Å². The fraction of sp³-hybridized carbons (Fsp3) is 0.576. The zero-order chi connectivity index (χ0) is 30.0. The Kier molecular flexibility index (Phi) is 7.42. The Bertz CT molecular complexity index is 1480. The summed E-state index contributed by atoms with van der Waals surface area (Å²) in [6, 6.07) is 5.79. The van der Waals surface area contributed by atoms with Crippen molar-refractivity contribution < 1.29 is 22.4 Å². The number of rotatable bonds is 6. The molecule has 8 heteroatoms. The van der Waals surface area contributed by atoms with Gasteiger partial charge in [-0.1, -0.05) is 51.1 Å². The highest BCUT2D eigenvalue weighted by Crippen LogP contribution is 2.67. The molecule has 2 saturated carbocycles. The Morgan fingerprint density at radius 1 is 1.20 bits per heavy atom. The van der Waals surface area contributed by atoms with Gasteiger partial charge in [-0.3, -0.25) is 0 Å². The zero-order valence-electron chi connectivity index (χ0n) is 25.4. The van der Waals surface area contributed by atoms with E-state index in [1.54, 1.807) is 6.07 Å². The number of carbonyl (C=O) groups is 1. The summed E-state index contributed by atoms with van der Waals surface area (Å²) in [5.41, 5.74) is 6.42. The highest BCUT2D eigenvalue weighted by Gasteiger charge is 2.62. The molecule has 0 aliphatic heterocycles. The predicted octanol–water partition coefficient (Wildman–Crippen LogP) is 7.41. The molecule has 0 radical (unpaired) electrons. The Hall–Kier alpha value is -2.38. The average Bonchev–Trinajstić information content (AvgIpc) is 3.23. The van der Waals surface area contributed by atoms with E-state index < -0.39 is 24.3 Å². The van der Waals surface area contributed by atoms with Crippen LogP contribution in [0.5, 0.6) is 0 Å². The first-order chi connectivity index (χ1) is 19.0. The van der Waals surface area contributed by atoms with Crippen LogP contribution in [0.1, 0.15) is 83.0 Å². The molecule has 1 aromatic carbocycles. The van der Waals surface area contributed by atoms with Crippen molar-refractivity contribution in [3.05, 3.63) is 71.2 Å². The standard InChI is InChI=1S/C33H45NO5SSi/c1-8-33-19-16-22-20-24(39-41(6,7)31(2,3)4)12-13-26(22)27(33)17-18-32(5)28(33)14-15-29(32)38-30(35)23-10-9-11-25(21-23)40(34,36)37/h8-11,13,21,27-29H,1,14-20H2,2-7H3,(H2,34,36,37)/t27?,28?,29-,32-,33?/m0/s1. The lowest BCUT2D eigenvalue weighted by Gasteiger charge is -2.57. The van der Waals surface area contributed by atoms with Crippen molar-refractivity contribution in [3.63, 3.8) is 0 Å². The monoisotopic (exact) mass is 595 g/mol. The summed E-state index contributed by atoms with van der Waals surface area (Å²) >= 11 is 0. The zero-order valence-corrected chi connectivity index (χ0v) is 27.2. The van der Waals surface area contributed by atoms with Crippen LogP contribution in [0.2, 0.25) is 18.1 Å². The van der Waals surface area contributed by atoms with Gasteiger partial charge in [-0.2, -0.15) is 0 Å². The molecule has 0 saturated heterocycles. The van der Waals surface area contributed by atoms with Gasteiger partial charge < -0.3 is 9.16 Å². The van der Waals surface area contributed by atoms with E-state index in [-0.39, 0.29) is 32.4 Å². The van der Waals surface area contributed by atoms with Gasteiger partial charge in [0.1, 0.15) is 11.9 Å². The quantitative estimate of drug-likeness (QED) is 0.160. The smallest absolute Gasteiger partial charge is 0.338 e. The summed E-state index contributed by atoms with van der Waals surface area (Å²) < 4.78 is 36.4. The Morgan fingerprint density at radius 2 is 1.93 bits per heavy atom. The van der Waals surface area contributed by atoms with Crippen LogP contribution in [-0.4, -0.2) is 28.8 Å². The average molecular weight is 596 g/mol. The van der Waals surface area contributed by atoms with Crippen LogP contribution >= 0.6 is 0 Å². The number of allylic oxidation sites excluding steroid dienone is 3. The maximum atomic E-state index is 13.2. The molecule has 5 rings (SSSR count). The number of carbonyl (C=O) groups excluding carboxylic acids is 1. The van der Waals surface area contributed by atoms with E-state index in [9.17, 15) is 13.2 Å². The Labute approximate surface area is 246 Å². The number of benzene rings is 1. The highest BCUT2D eigenvalue weighted by molar-refractivity contribution is 7.89. The molecule has 1 aromatic rings. The topological polar surface area (TPSA) is 95.7 Å². The normalized spacial score (nSPS) is 31.5. The van der Waals surface area contributed by atoms with Crippen LogP contribution in [-0.2, 0) is 19.2 Å². The number of esters is 1. The van der Waals surface area contributed by atoms with Crippen LogP contribution in [0.3, 0.4) is 0 Å². The second-order valence-corrected chi connectivity index (χ2v) is 20.6. The van der Waals surface area contributed by atoms with Crippen molar-refractivity contribution in [1.82, 2.24) is 0 Å². The number of hydrogen-bond acceptors (Lipinski definition) is 5. The molecule has 3 unspecified atom stereocenters. The summed E-state index contributed by atoms with van der Waals surface area (Å²) in [7, 11) is -5.84. The molecule has 2 fully saturated rings. The maximum Gasteiger partial charge on any atom is 0.338 e. The second-order valence-electron chi connectivity index (χ2n) is 14.3. The van der Waals surface area contributed by atoms with Gasteiger partial charge in [0.2, 0.25) is 10.0 Å². The minimum absolute atomic E-state index is 0.0590. The van der Waals surface area contributed by atoms with E-state index in [1.165, 1.54) is 29.3 Å². The van der Waals surface area contributed by atoms with E-state index in [0.29, 0.717) is 11.8 Å². The molecule has 4 aliphatic rings. The molecule has 2 N–H and O–H groups in total. The highest BCUT2D eigenvalue weighted by atomic mass is 32.2. The van der Waals surface area contributed by atoms with Crippen molar-refractivity contribution in [2.45, 2.75) is 102 Å². The molecule has 6 nitrogen and oxygen atoms in total. The van der Waals surface area contributed by atoms with Gasteiger partial charge in [-0.15, -0.1) is 6.58 Å². The van der Waals surface area contributed by atoms with E-state index in [4.69, 9.17) is 14.3 Å². The minimum atomic E-state index is -3.91. The summed E-state index contributed by atoms with van der Waals surface area (Å²) in [5, 5.41) is 5.42. The molecule has 0 bridgehead atoms. The third-order valence-electron chi connectivity index (χ3n) is 11.1. The van der Waals surface area contributed by atoms with Crippen molar-refractivity contribution in [2.24, 2.45) is 27.8 Å². The van der Waals surface area contributed by atoms with Crippen molar-refractivity contribution in [1.29, 1.82) is 0 Å². The molecular formula is C33H45NO5SSi. The van der Waals surface area contributed by atoms with E-state index in [0.717, 1.165) is 50.7 Å². The number of primary sulfonamides is 1. The molecule has 0 aromatic heterocycles. The van der Waals surface area contributed by atoms with Gasteiger partial charge in [0, 0.05) is 11.8 Å². The van der Waals surface area contributed by atoms with Gasteiger partial charge >= 0.3 is 5.97 Å². The van der Waals surface area contributed by atoms with Crippen LogP contribution in [0, 0.1) is 22.7 Å². The number of sulfonamides is 1. The summed E-state index contributed by atoms with van der Waals surface area (Å²) in [4.78, 5) is 13.1. The molecule has 4 aliphatic carbocycles. The predicted molar refractivity (Wildman–Crippen MR) is 164 cm³/mol. The third-order valence-corrected chi connectivity index (χ3v) is 16.4. The van der Waals surface area contributed by atoms with Crippen molar-refractivity contribution in [2.75, 3.05) is 0 Å². The van der Waals surface area contributed by atoms with Crippen LogP contribution < -0.4 is 5.14 Å². The summed E-state index contributed by atoms with van der Waals surface area (Å²) in [6.45, 7) is 18.0. The number of fused-ring (bicyclic) bond motifs is 4.